The number of rotatable bonds is 3. The zero-order chi connectivity index (χ0) is 12.2. The third-order valence-corrected chi connectivity index (χ3v) is 2.32. The highest BCUT2D eigenvalue weighted by molar-refractivity contribution is 5.61. The van der Waals surface area contributed by atoms with E-state index in [1.165, 1.54) is 0 Å². The Labute approximate surface area is 93.4 Å². The summed E-state index contributed by atoms with van der Waals surface area (Å²) in [5, 5.41) is 8.29. The summed E-state index contributed by atoms with van der Waals surface area (Å²) in [7, 11) is 1.68. The quantitative estimate of drug-likeness (QED) is 0.677. The maximum Gasteiger partial charge on any atom is 0.127 e. The Kier molecular flexibility index (Phi) is 12.4. The average molecular weight is 213 g/mol. The summed E-state index contributed by atoms with van der Waals surface area (Å²) in [4.78, 5) is 10.3. The predicted molar refractivity (Wildman–Crippen MR) is 61.5 cm³/mol. The van der Waals surface area contributed by atoms with Crippen LogP contribution in [0.4, 0.5) is 0 Å². The van der Waals surface area contributed by atoms with Gasteiger partial charge in [-0.25, -0.2) is 0 Å². The van der Waals surface area contributed by atoms with Gasteiger partial charge in [0.25, 0.3) is 0 Å². The van der Waals surface area contributed by atoms with Crippen molar-refractivity contribution < 1.29 is 9.53 Å². The predicted octanol–water partition coefficient (Wildman–Crippen LogP) is 2.95. The van der Waals surface area contributed by atoms with Gasteiger partial charge in [-0.3, -0.25) is 0 Å². The van der Waals surface area contributed by atoms with Crippen molar-refractivity contribution in [1.29, 1.82) is 5.26 Å². The number of carbonyl (C=O) groups excluding carboxylic acids is 1. The van der Waals surface area contributed by atoms with Crippen molar-refractivity contribution in [3.8, 4) is 6.07 Å². The maximum atomic E-state index is 10.3. The van der Waals surface area contributed by atoms with Crippen LogP contribution in [-0.2, 0) is 9.53 Å². The van der Waals surface area contributed by atoms with Crippen molar-refractivity contribution in [3.63, 3.8) is 0 Å². The van der Waals surface area contributed by atoms with Crippen LogP contribution in [0.2, 0.25) is 0 Å². The van der Waals surface area contributed by atoms with Crippen molar-refractivity contribution in [1.82, 2.24) is 0 Å². The van der Waals surface area contributed by atoms with Crippen molar-refractivity contribution in [2.24, 2.45) is 5.41 Å². The standard InChI is InChI=1S/C7H9NO.C3H8O.C2H6/c8-5-4-7(6-9)2-1-3-7;1-3-4-2;1-2/h6H,1-4H2;3H2,1-2H3;1-2H3. The minimum Gasteiger partial charge on any atom is -0.385 e. The molecule has 1 fully saturated rings. The van der Waals surface area contributed by atoms with Crippen LogP contribution < -0.4 is 0 Å². The molecule has 0 atom stereocenters. The summed E-state index contributed by atoms with van der Waals surface area (Å²) >= 11 is 0. The molecule has 1 rings (SSSR count). The number of aldehydes is 1. The number of hydrogen-bond acceptors (Lipinski definition) is 3. The van der Waals surface area contributed by atoms with Gasteiger partial charge in [0.15, 0.2) is 0 Å². The molecule has 0 aliphatic heterocycles. The Morgan fingerprint density at radius 1 is 1.47 bits per heavy atom. The van der Waals surface area contributed by atoms with Crippen molar-refractivity contribution in [2.45, 2.75) is 46.5 Å². The van der Waals surface area contributed by atoms with E-state index < -0.39 is 0 Å². The second-order valence-corrected chi connectivity index (χ2v) is 3.25. The number of methoxy groups -OCH3 is 1. The minimum atomic E-state index is -0.227. The number of nitrogens with zero attached hydrogens (tertiary/aromatic N) is 1. The Bertz CT molecular complexity index is 179. The van der Waals surface area contributed by atoms with Crippen molar-refractivity contribution >= 4 is 6.29 Å². The first-order chi connectivity index (χ1) is 7.24. The Hall–Kier alpha value is -0.880. The zero-order valence-electron chi connectivity index (χ0n) is 10.4. The van der Waals surface area contributed by atoms with Crippen molar-refractivity contribution in [3.05, 3.63) is 0 Å². The lowest BCUT2D eigenvalue weighted by atomic mass is 9.68. The molecule has 3 heteroatoms. The summed E-state index contributed by atoms with van der Waals surface area (Å²) in [5.74, 6) is 0. The number of hydrogen-bond donors (Lipinski definition) is 0. The van der Waals surface area contributed by atoms with E-state index in [4.69, 9.17) is 5.26 Å². The number of carbonyl (C=O) groups is 1. The first-order valence-corrected chi connectivity index (χ1v) is 5.57. The van der Waals surface area contributed by atoms with Crippen LogP contribution >= 0.6 is 0 Å². The highest BCUT2D eigenvalue weighted by Crippen LogP contribution is 2.41. The lowest BCUT2D eigenvalue weighted by molar-refractivity contribution is -0.120. The number of ether oxygens (including phenoxy) is 1. The Morgan fingerprint density at radius 2 is 1.93 bits per heavy atom. The van der Waals surface area contributed by atoms with Gasteiger partial charge in [0.05, 0.1) is 6.07 Å². The highest BCUT2D eigenvalue weighted by Gasteiger charge is 2.36. The lowest BCUT2D eigenvalue weighted by Gasteiger charge is -2.33. The molecule has 0 spiro atoms. The fraction of sp³-hybridized carbons (Fsp3) is 0.833. The number of nitriles is 1. The molecule has 0 N–H and O–H groups in total. The van der Waals surface area contributed by atoms with Gasteiger partial charge in [-0.2, -0.15) is 5.26 Å². The second-order valence-electron chi connectivity index (χ2n) is 3.25. The summed E-state index contributed by atoms with van der Waals surface area (Å²) < 4.78 is 4.54. The van der Waals surface area contributed by atoms with Gasteiger partial charge in [-0.15, -0.1) is 0 Å². The van der Waals surface area contributed by atoms with E-state index in [1.54, 1.807) is 7.11 Å². The molecule has 0 unspecified atom stereocenters. The molecule has 1 aliphatic carbocycles. The van der Waals surface area contributed by atoms with E-state index in [-0.39, 0.29) is 5.41 Å². The fourth-order valence-corrected chi connectivity index (χ4v) is 1.12. The van der Waals surface area contributed by atoms with Gasteiger partial charge in [0, 0.05) is 25.6 Å². The van der Waals surface area contributed by atoms with E-state index in [0.717, 1.165) is 32.2 Å². The summed E-state index contributed by atoms with van der Waals surface area (Å²) in [6, 6.07) is 2.03. The summed E-state index contributed by atoms with van der Waals surface area (Å²) in [6.45, 7) is 6.78. The van der Waals surface area contributed by atoms with E-state index in [2.05, 4.69) is 4.74 Å². The molecule has 0 amide bonds. The van der Waals surface area contributed by atoms with E-state index >= 15 is 0 Å². The topological polar surface area (TPSA) is 50.1 Å². The highest BCUT2D eigenvalue weighted by atomic mass is 16.5. The summed E-state index contributed by atoms with van der Waals surface area (Å²) in [5.41, 5.74) is -0.227. The molecule has 3 nitrogen and oxygen atoms in total. The second kappa shape index (κ2) is 11.2. The molecular weight excluding hydrogens is 190 g/mol. The summed E-state index contributed by atoms with van der Waals surface area (Å²) in [6.07, 6.45) is 4.31. The zero-order valence-corrected chi connectivity index (χ0v) is 10.4. The van der Waals surface area contributed by atoms with E-state index in [9.17, 15) is 4.79 Å². The fourth-order valence-electron chi connectivity index (χ4n) is 1.12. The van der Waals surface area contributed by atoms with Crippen molar-refractivity contribution in [2.75, 3.05) is 13.7 Å². The molecule has 1 aliphatic rings. The molecule has 0 saturated heterocycles. The minimum absolute atomic E-state index is 0.227. The van der Waals surface area contributed by atoms with Crippen LogP contribution in [0.5, 0.6) is 0 Å². The third-order valence-electron chi connectivity index (χ3n) is 2.32. The molecule has 0 aromatic rings. The van der Waals surface area contributed by atoms with Gasteiger partial charge in [-0.05, 0) is 19.8 Å². The van der Waals surface area contributed by atoms with Gasteiger partial charge >= 0.3 is 0 Å². The van der Waals surface area contributed by atoms with Crippen LogP contribution in [0, 0.1) is 16.7 Å². The van der Waals surface area contributed by atoms with Gasteiger partial charge in [0.2, 0.25) is 0 Å². The third kappa shape index (κ3) is 7.10. The van der Waals surface area contributed by atoms with E-state index in [0.29, 0.717) is 6.42 Å². The molecule has 1 saturated carbocycles. The molecule has 0 heterocycles. The first-order valence-electron chi connectivity index (χ1n) is 5.57. The lowest BCUT2D eigenvalue weighted by Crippen LogP contribution is -2.30. The van der Waals surface area contributed by atoms with E-state index in [1.807, 2.05) is 26.8 Å². The van der Waals surface area contributed by atoms with Crippen LogP contribution in [0.1, 0.15) is 46.5 Å². The normalized spacial score (nSPS) is 15.4. The van der Waals surface area contributed by atoms with Gasteiger partial charge in [0.1, 0.15) is 6.29 Å². The molecule has 88 valence electrons. The molecular formula is C12H23NO2. The largest absolute Gasteiger partial charge is 0.385 e. The molecule has 0 aromatic carbocycles. The van der Waals surface area contributed by atoms with Crippen LogP contribution in [0.15, 0.2) is 0 Å². The van der Waals surface area contributed by atoms with Crippen LogP contribution in [0.25, 0.3) is 0 Å². The van der Waals surface area contributed by atoms with Gasteiger partial charge < -0.3 is 9.53 Å². The monoisotopic (exact) mass is 213 g/mol. The smallest absolute Gasteiger partial charge is 0.127 e. The Morgan fingerprint density at radius 3 is 2.00 bits per heavy atom. The molecule has 0 bridgehead atoms. The van der Waals surface area contributed by atoms with Gasteiger partial charge in [-0.1, -0.05) is 20.3 Å². The Balaban J connectivity index is 0. The van der Waals surface area contributed by atoms with Crippen LogP contribution in [0.3, 0.4) is 0 Å². The molecule has 0 radical (unpaired) electrons. The van der Waals surface area contributed by atoms with Crippen LogP contribution in [-0.4, -0.2) is 20.0 Å². The SMILES string of the molecule is CC.CCOC.N#CCC1(C=O)CCC1. The first kappa shape index (κ1) is 16.5. The molecule has 0 aromatic heterocycles. The average Bonchev–Trinajstić information content (AvgIpc) is 2.27. The maximum absolute atomic E-state index is 10.3. The molecule has 15 heavy (non-hydrogen) atoms.